The maximum Gasteiger partial charge on any atom is 0.243 e. The van der Waals surface area contributed by atoms with Crippen molar-refractivity contribution >= 4 is 72.1 Å². The fourth-order valence-electron chi connectivity index (χ4n) is 9.47. The second-order valence-electron chi connectivity index (χ2n) is 23.6. The van der Waals surface area contributed by atoms with E-state index >= 15 is 4.57 Å². The van der Waals surface area contributed by atoms with E-state index in [1.807, 2.05) is 97.1 Å². The van der Waals surface area contributed by atoms with E-state index in [-0.39, 0.29) is 25.7 Å². The van der Waals surface area contributed by atoms with Crippen LogP contribution in [-0.4, -0.2) is 85.1 Å². The zero-order chi connectivity index (χ0) is 58.1. The van der Waals surface area contributed by atoms with E-state index in [0.29, 0.717) is 11.1 Å². The monoisotopic (exact) mass is 1130 g/mol. The number of rotatable bonds is 24. The first-order valence-corrected chi connectivity index (χ1v) is 32.3. The molecule has 0 aliphatic rings. The highest BCUT2D eigenvalue weighted by Crippen LogP contribution is 2.48. The van der Waals surface area contributed by atoms with Gasteiger partial charge in [0, 0.05) is 12.8 Å². The van der Waals surface area contributed by atoms with Crippen LogP contribution in [0, 0.1) is 23.7 Å². The first kappa shape index (κ1) is 62.0. The van der Waals surface area contributed by atoms with Crippen LogP contribution in [0.15, 0.2) is 146 Å². The molecule has 0 aliphatic heterocycles. The van der Waals surface area contributed by atoms with Crippen molar-refractivity contribution in [2.75, 3.05) is 11.5 Å². The summed E-state index contributed by atoms with van der Waals surface area (Å²) in [4.78, 5) is 59.1. The molecule has 0 heterocycles. The predicted molar refractivity (Wildman–Crippen MR) is 319 cm³/mol. The second kappa shape index (κ2) is 25.9. The van der Waals surface area contributed by atoms with Crippen LogP contribution < -0.4 is 26.8 Å². The number of fused-ring (bicyclic) bond motifs is 2. The maximum absolute atomic E-state index is 15.9. The highest BCUT2D eigenvalue weighted by atomic mass is 32.2. The Morgan fingerprint density at radius 1 is 0.456 bits per heavy atom. The lowest BCUT2D eigenvalue weighted by Gasteiger charge is -2.35. The van der Waals surface area contributed by atoms with Crippen molar-refractivity contribution in [3.05, 3.63) is 168 Å². The normalized spacial score (nSPS) is 15.6. The fourth-order valence-corrected chi connectivity index (χ4v) is 14.2. The minimum absolute atomic E-state index is 0.0584. The third kappa shape index (κ3) is 16.2. The number of sulfone groups is 2. The van der Waals surface area contributed by atoms with E-state index in [2.05, 4.69) is 21.3 Å². The number of nitrogens with one attached hydrogen (secondary N) is 4. The third-order valence-electron chi connectivity index (χ3n) is 14.7. The van der Waals surface area contributed by atoms with Crippen LogP contribution in [-0.2, 0) is 69.1 Å². The van der Waals surface area contributed by atoms with Crippen molar-refractivity contribution in [2.45, 2.75) is 128 Å². The minimum atomic E-state index is -4.37. The van der Waals surface area contributed by atoms with Crippen LogP contribution in [0.5, 0.6) is 0 Å². The summed E-state index contributed by atoms with van der Waals surface area (Å²) in [6.45, 7) is 16.4. The van der Waals surface area contributed by atoms with Gasteiger partial charge in [0.25, 0.3) is 0 Å². The van der Waals surface area contributed by atoms with Gasteiger partial charge in [-0.15, -0.1) is 0 Å². The molecule has 6 aromatic carbocycles. The van der Waals surface area contributed by atoms with Gasteiger partial charge in [-0.3, -0.25) is 24.7 Å². The Hall–Kier alpha value is -6.19. The molecule has 14 nitrogen and oxygen atoms in total. The number of carbonyl (C=O) groups is 4. The van der Waals surface area contributed by atoms with Gasteiger partial charge in [0.1, 0.15) is 23.6 Å². The van der Waals surface area contributed by atoms with E-state index < -0.39 is 119 Å². The lowest BCUT2D eigenvalue weighted by molar-refractivity contribution is -0.132. The summed E-state index contributed by atoms with van der Waals surface area (Å²) in [5.74, 6) is -9.76. The molecule has 0 aliphatic carbocycles. The van der Waals surface area contributed by atoms with Gasteiger partial charge >= 0.3 is 0 Å². The minimum Gasteiger partial charge on any atom is -0.344 e. The Kier molecular flexibility index (Phi) is 20.4. The maximum atomic E-state index is 15.9. The SMILES string of the molecule is CC(C)[C@H](NC(=O)[C@H](Cc1ccc2ccccc2c1)CS(=O)(=O)C(C)(C)C)C(=O)N[C@@H](Cc1ccccc1)P(N)(=O)[C@H](Cc1ccccc1)NC(=O)[C@@H](NC(=O)[C@H](Cc1cccc2ccccc12)CS(=O)(=O)C(C)(C)C)C(C)C. The van der Waals surface area contributed by atoms with Crippen molar-refractivity contribution in [3.8, 4) is 0 Å². The summed E-state index contributed by atoms with van der Waals surface area (Å²) in [7, 11) is -12.1. The van der Waals surface area contributed by atoms with Crippen LogP contribution in [0.2, 0.25) is 0 Å². The second-order valence-corrected chi connectivity index (χ2v) is 31.9. The van der Waals surface area contributed by atoms with E-state index in [9.17, 15) is 36.0 Å². The summed E-state index contributed by atoms with van der Waals surface area (Å²) in [6.07, 6.45) is 0.00397. The molecular formula is C62H80N5O9PS2. The van der Waals surface area contributed by atoms with Crippen LogP contribution in [0.1, 0.15) is 91.5 Å². The van der Waals surface area contributed by atoms with E-state index in [4.69, 9.17) is 5.50 Å². The zero-order valence-electron chi connectivity index (χ0n) is 47.2. The fraction of sp³-hybridized carbons (Fsp3) is 0.419. The van der Waals surface area contributed by atoms with Crippen molar-refractivity contribution in [1.29, 1.82) is 0 Å². The zero-order valence-corrected chi connectivity index (χ0v) is 49.8. The summed E-state index contributed by atoms with van der Waals surface area (Å²) in [5.41, 5.74) is 9.96. The molecule has 6 aromatic rings. The molecule has 0 saturated carbocycles. The highest BCUT2D eigenvalue weighted by molar-refractivity contribution is 7.93. The molecule has 0 radical (unpaired) electrons. The first-order valence-electron chi connectivity index (χ1n) is 27.0. The molecular weight excluding hydrogens is 1050 g/mol. The number of amides is 4. The lowest BCUT2D eigenvalue weighted by atomic mass is 9.94. The summed E-state index contributed by atoms with van der Waals surface area (Å²) in [5, 5.41) is 15.3. The Bertz CT molecular complexity index is 3370. The van der Waals surface area contributed by atoms with Gasteiger partial charge in [-0.05, 0) is 110 Å². The largest absolute Gasteiger partial charge is 0.344 e. The molecule has 79 heavy (non-hydrogen) atoms. The summed E-state index contributed by atoms with van der Waals surface area (Å²) >= 11 is 0. The van der Waals surface area contributed by atoms with Gasteiger partial charge < -0.3 is 25.8 Å². The van der Waals surface area contributed by atoms with Gasteiger partial charge in [0.05, 0.1) is 32.8 Å². The molecule has 6 N–H and O–H groups in total. The van der Waals surface area contributed by atoms with Crippen LogP contribution in [0.4, 0.5) is 0 Å². The molecule has 6 rings (SSSR count). The Morgan fingerprint density at radius 3 is 1.32 bits per heavy atom. The number of carbonyl (C=O) groups excluding carboxylic acids is 4. The molecule has 0 saturated heterocycles. The molecule has 4 amide bonds. The predicted octanol–water partition coefficient (Wildman–Crippen LogP) is 9.33. The first-order chi connectivity index (χ1) is 37.0. The van der Waals surface area contributed by atoms with Gasteiger partial charge in [-0.1, -0.05) is 173 Å². The highest BCUT2D eigenvalue weighted by Gasteiger charge is 2.44. The van der Waals surface area contributed by atoms with Gasteiger partial charge in [-0.2, -0.15) is 0 Å². The van der Waals surface area contributed by atoms with E-state index in [1.54, 1.807) is 118 Å². The number of nitrogens with two attached hydrogens (primary N) is 1. The molecule has 0 spiro atoms. The Morgan fingerprint density at radius 2 is 0.861 bits per heavy atom. The molecule has 0 bridgehead atoms. The summed E-state index contributed by atoms with van der Waals surface area (Å²) < 4.78 is 68.8. The van der Waals surface area contributed by atoms with E-state index in [1.165, 1.54) is 0 Å². The van der Waals surface area contributed by atoms with Crippen molar-refractivity contribution in [1.82, 2.24) is 21.3 Å². The third-order valence-corrected chi connectivity index (χ3v) is 22.7. The Labute approximate surface area is 468 Å². The van der Waals surface area contributed by atoms with Crippen LogP contribution in [0.25, 0.3) is 21.5 Å². The van der Waals surface area contributed by atoms with Gasteiger partial charge in [-0.25, -0.2) is 16.8 Å². The number of hydrogen-bond acceptors (Lipinski definition) is 9. The quantitative estimate of drug-likeness (QED) is 0.0361. The van der Waals surface area contributed by atoms with Gasteiger partial charge in [0.2, 0.25) is 23.6 Å². The standard InChI is InChI=1S/C62H80N5O9PS2/c1-41(2)55(66-57(68)50(39-78(73,74)61(5,6)7)35-45-32-33-46-26-17-18-28-48(46)34-45)59(70)64-53(36-43-22-13-11-14-23-43)77(63,72)54(37-44-24-15-12-16-25-44)65-60(71)56(42(3)4)67-58(69)51(40-79(75,76)62(8,9)10)38-49-30-21-29-47-27-19-20-31-52(47)49/h11-34,41-42,50-51,53-56H,35-40H2,1-10H3,(H2,63,72)(H,64,70)(H,65,71)(H,66,68)(H,67,69)/t50-,51-,53-,54-,55+,56+,77?/m1/s1. The van der Waals surface area contributed by atoms with E-state index in [0.717, 1.165) is 32.7 Å². The van der Waals surface area contributed by atoms with Gasteiger partial charge in [0.15, 0.2) is 27.0 Å². The van der Waals surface area contributed by atoms with Crippen LogP contribution >= 0.6 is 7.29 Å². The van der Waals surface area contributed by atoms with Crippen molar-refractivity contribution in [3.63, 3.8) is 0 Å². The Balaban J connectivity index is 1.32. The molecule has 1 unspecified atom stereocenters. The summed E-state index contributed by atoms with van der Waals surface area (Å²) in [6, 6.07) is 42.1. The molecule has 0 aromatic heterocycles. The molecule has 424 valence electrons. The average molecular weight is 1130 g/mol. The van der Waals surface area contributed by atoms with Crippen molar-refractivity contribution < 1.29 is 40.6 Å². The number of hydrogen-bond donors (Lipinski definition) is 5. The average Bonchev–Trinajstić information content (AvgIpc) is 3.41. The van der Waals surface area contributed by atoms with Crippen LogP contribution in [0.3, 0.4) is 0 Å². The lowest BCUT2D eigenvalue weighted by Crippen LogP contribution is -2.57. The van der Waals surface area contributed by atoms with Crippen molar-refractivity contribution in [2.24, 2.45) is 29.2 Å². The molecule has 7 atom stereocenters. The smallest absolute Gasteiger partial charge is 0.243 e. The number of benzene rings is 6. The molecule has 17 heteroatoms. The molecule has 0 fully saturated rings. The topological polar surface area (TPSA) is 228 Å².